The molecule has 1 fully saturated rings. The van der Waals surface area contributed by atoms with Crippen LogP contribution in [0.25, 0.3) is 11.1 Å². The van der Waals surface area contributed by atoms with Gasteiger partial charge in [-0.2, -0.15) is 8.78 Å². The number of alkyl halides is 5. The molecule has 1 aliphatic rings. The highest BCUT2D eigenvalue weighted by Gasteiger charge is 2.42. The number of hydrogen-bond donors (Lipinski definition) is 0. The summed E-state index contributed by atoms with van der Waals surface area (Å²) in [5.41, 5.74) is -1.11. The van der Waals surface area contributed by atoms with Gasteiger partial charge in [0.2, 0.25) is 5.75 Å². The summed E-state index contributed by atoms with van der Waals surface area (Å²) in [6.07, 6.45) is -10.9. The first-order valence-electron chi connectivity index (χ1n) is 10.9. The minimum atomic E-state index is -5.47. The van der Waals surface area contributed by atoms with E-state index in [1.165, 1.54) is 12.1 Å². The smallest absolute Gasteiger partial charge is 0.429 e. The van der Waals surface area contributed by atoms with Gasteiger partial charge in [-0.25, -0.2) is 17.6 Å². The summed E-state index contributed by atoms with van der Waals surface area (Å²) in [5.74, 6) is -10.6. The Balaban J connectivity index is 1.56. The van der Waals surface area contributed by atoms with E-state index in [4.69, 9.17) is 9.47 Å². The van der Waals surface area contributed by atoms with Crippen molar-refractivity contribution >= 4 is 0 Å². The number of benzene rings is 3. The van der Waals surface area contributed by atoms with Crippen molar-refractivity contribution in [2.45, 2.75) is 25.7 Å². The molecule has 1 saturated heterocycles. The summed E-state index contributed by atoms with van der Waals surface area (Å²) in [6, 6.07) is 7.19. The van der Waals surface area contributed by atoms with Gasteiger partial charge in [-0.1, -0.05) is 31.2 Å². The first-order chi connectivity index (χ1) is 17.7. The molecule has 38 heavy (non-hydrogen) atoms. The lowest BCUT2D eigenvalue weighted by Gasteiger charge is -2.27. The lowest BCUT2D eigenvalue weighted by atomic mass is 10.0. The Kier molecular flexibility index (Phi) is 7.53. The van der Waals surface area contributed by atoms with E-state index in [2.05, 4.69) is 9.47 Å². The van der Waals surface area contributed by atoms with E-state index in [0.29, 0.717) is 30.9 Å². The average Bonchev–Trinajstić information content (AvgIpc) is 2.80. The SMILES string of the molecule is CC1COC(c2ccc(-c3cc(F)c(C(F)(F)Oc4cc(F)c(OC(F)(F)F)c(F)c4)c(F)c3)cc2)OC1. The van der Waals surface area contributed by atoms with Crippen LogP contribution < -0.4 is 9.47 Å². The Morgan fingerprint density at radius 2 is 1.24 bits per heavy atom. The Morgan fingerprint density at radius 3 is 1.74 bits per heavy atom. The molecule has 0 aliphatic carbocycles. The summed E-state index contributed by atoms with van der Waals surface area (Å²) >= 11 is 0. The Labute approximate surface area is 209 Å². The quantitative estimate of drug-likeness (QED) is 0.295. The minimum absolute atomic E-state index is 0.0514. The van der Waals surface area contributed by atoms with Crippen molar-refractivity contribution in [1.29, 1.82) is 0 Å². The summed E-state index contributed by atoms with van der Waals surface area (Å²) in [5, 5.41) is 0. The van der Waals surface area contributed by atoms with Crippen LogP contribution in [0.15, 0.2) is 48.5 Å². The molecule has 0 saturated carbocycles. The Hall–Kier alpha value is -3.45. The van der Waals surface area contributed by atoms with Gasteiger partial charge in [0.25, 0.3) is 0 Å². The van der Waals surface area contributed by atoms with Crippen molar-refractivity contribution in [3.8, 4) is 22.6 Å². The van der Waals surface area contributed by atoms with Crippen LogP contribution >= 0.6 is 0 Å². The van der Waals surface area contributed by atoms with E-state index in [1.807, 2.05) is 6.92 Å². The molecule has 0 aromatic heterocycles. The highest BCUT2D eigenvalue weighted by atomic mass is 19.4. The zero-order valence-corrected chi connectivity index (χ0v) is 19.2. The molecule has 0 N–H and O–H groups in total. The molecule has 4 rings (SSSR count). The molecular formula is C25H17F9O4. The van der Waals surface area contributed by atoms with Crippen LogP contribution in [-0.4, -0.2) is 19.6 Å². The number of hydrogen-bond acceptors (Lipinski definition) is 4. The largest absolute Gasteiger partial charge is 0.573 e. The van der Waals surface area contributed by atoms with Gasteiger partial charge in [-0.15, -0.1) is 13.2 Å². The monoisotopic (exact) mass is 552 g/mol. The van der Waals surface area contributed by atoms with Crippen LogP contribution in [0.2, 0.25) is 0 Å². The molecule has 0 bridgehead atoms. The molecule has 0 unspecified atom stereocenters. The van der Waals surface area contributed by atoms with E-state index in [9.17, 15) is 39.5 Å². The maximum Gasteiger partial charge on any atom is 0.573 e. The predicted octanol–water partition coefficient (Wildman–Crippen LogP) is 7.62. The van der Waals surface area contributed by atoms with Gasteiger partial charge >= 0.3 is 12.5 Å². The van der Waals surface area contributed by atoms with Gasteiger partial charge in [0.15, 0.2) is 17.9 Å². The van der Waals surface area contributed by atoms with Crippen molar-refractivity contribution in [2.75, 3.05) is 13.2 Å². The normalized spacial score (nSPS) is 18.4. The fraction of sp³-hybridized carbons (Fsp3) is 0.280. The van der Waals surface area contributed by atoms with E-state index >= 15 is 0 Å². The summed E-state index contributed by atoms with van der Waals surface area (Å²) in [4.78, 5) is 0. The number of rotatable bonds is 6. The maximum absolute atomic E-state index is 14.7. The Morgan fingerprint density at radius 1 is 0.711 bits per heavy atom. The van der Waals surface area contributed by atoms with E-state index in [-0.39, 0.29) is 29.2 Å². The second-order valence-corrected chi connectivity index (χ2v) is 8.42. The van der Waals surface area contributed by atoms with Crippen LogP contribution in [0, 0.1) is 29.2 Å². The Bertz CT molecular complexity index is 1260. The van der Waals surface area contributed by atoms with Crippen LogP contribution in [-0.2, 0) is 15.6 Å². The van der Waals surface area contributed by atoms with Gasteiger partial charge < -0.3 is 18.9 Å². The molecule has 13 heteroatoms. The predicted molar refractivity (Wildman–Crippen MR) is 113 cm³/mol. The van der Waals surface area contributed by atoms with Crippen LogP contribution in [0.4, 0.5) is 39.5 Å². The lowest BCUT2D eigenvalue weighted by Crippen LogP contribution is -2.25. The standard InChI is InChI=1S/C25H17F9O4/c1-12-10-35-23(36-11-12)14-4-2-13(3-5-14)15-6-17(26)21(18(27)7-15)24(30,31)37-16-8-19(28)22(20(29)9-16)38-25(32,33)34/h2-9,12,23H,10-11H2,1H3. The molecule has 0 radical (unpaired) electrons. The van der Waals surface area contributed by atoms with Crippen molar-refractivity contribution in [2.24, 2.45) is 5.92 Å². The molecule has 3 aromatic rings. The van der Waals surface area contributed by atoms with Gasteiger partial charge in [0, 0.05) is 23.6 Å². The van der Waals surface area contributed by atoms with Crippen molar-refractivity contribution in [1.82, 2.24) is 0 Å². The van der Waals surface area contributed by atoms with Crippen LogP contribution in [0.1, 0.15) is 24.3 Å². The number of ether oxygens (including phenoxy) is 4. The van der Waals surface area contributed by atoms with Crippen molar-refractivity contribution in [3.05, 3.63) is 82.9 Å². The van der Waals surface area contributed by atoms with E-state index in [1.54, 1.807) is 12.1 Å². The first-order valence-corrected chi connectivity index (χ1v) is 10.9. The highest BCUT2D eigenvalue weighted by molar-refractivity contribution is 5.64. The second-order valence-electron chi connectivity index (χ2n) is 8.42. The molecule has 1 heterocycles. The third-order valence-electron chi connectivity index (χ3n) is 5.35. The molecule has 204 valence electrons. The molecule has 4 nitrogen and oxygen atoms in total. The van der Waals surface area contributed by atoms with Crippen molar-refractivity contribution in [3.63, 3.8) is 0 Å². The molecule has 0 amide bonds. The summed E-state index contributed by atoms with van der Waals surface area (Å²) < 4.78 is 141. The minimum Gasteiger partial charge on any atom is -0.429 e. The fourth-order valence-corrected chi connectivity index (χ4v) is 3.65. The van der Waals surface area contributed by atoms with Crippen LogP contribution in [0.3, 0.4) is 0 Å². The molecule has 3 aromatic carbocycles. The second kappa shape index (κ2) is 10.4. The molecule has 0 spiro atoms. The number of halogens is 9. The van der Waals surface area contributed by atoms with Gasteiger partial charge in [-0.3, -0.25) is 0 Å². The molecule has 0 atom stereocenters. The van der Waals surface area contributed by atoms with E-state index in [0.717, 1.165) is 0 Å². The fourth-order valence-electron chi connectivity index (χ4n) is 3.65. The summed E-state index contributed by atoms with van der Waals surface area (Å²) in [6.45, 7) is 2.90. The zero-order chi connectivity index (χ0) is 27.8. The van der Waals surface area contributed by atoms with Crippen LogP contribution in [0.5, 0.6) is 11.5 Å². The highest BCUT2D eigenvalue weighted by Crippen LogP contribution is 2.39. The third kappa shape index (κ3) is 6.16. The van der Waals surface area contributed by atoms with Gasteiger partial charge in [0.05, 0.1) is 13.2 Å². The first kappa shape index (κ1) is 27.6. The molecular weight excluding hydrogens is 535 g/mol. The van der Waals surface area contributed by atoms with E-state index < -0.39 is 59.1 Å². The lowest BCUT2D eigenvalue weighted by molar-refractivity contribution is -0.276. The van der Waals surface area contributed by atoms with Gasteiger partial charge in [-0.05, 0) is 23.3 Å². The van der Waals surface area contributed by atoms with Crippen molar-refractivity contribution < 1.29 is 58.5 Å². The third-order valence-corrected chi connectivity index (χ3v) is 5.35. The zero-order valence-electron chi connectivity index (χ0n) is 19.2. The average molecular weight is 552 g/mol. The maximum atomic E-state index is 14.7. The summed E-state index contributed by atoms with van der Waals surface area (Å²) in [7, 11) is 0. The molecule has 1 aliphatic heterocycles. The topological polar surface area (TPSA) is 36.9 Å². The van der Waals surface area contributed by atoms with Gasteiger partial charge in [0.1, 0.15) is 22.9 Å².